The molecule has 2 heterocycles. The first-order chi connectivity index (χ1) is 17.5. The number of amides is 2. The Hall–Kier alpha value is -4.59. The maximum atomic E-state index is 13.0. The first kappa shape index (κ1) is 23.2. The van der Waals surface area contributed by atoms with Gasteiger partial charge in [-0.3, -0.25) is 24.7 Å². The fraction of sp³-hybridized carbons (Fsp3) is 0.179. The molecule has 1 atom stereocenters. The number of hydrogen-bond acceptors (Lipinski definition) is 5. The van der Waals surface area contributed by atoms with Crippen molar-refractivity contribution >= 4 is 40.7 Å². The van der Waals surface area contributed by atoms with E-state index in [1.807, 2.05) is 71.6 Å². The van der Waals surface area contributed by atoms with Crippen molar-refractivity contribution in [2.75, 3.05) is 18.4 Å². The average molecular weight is 481 g/mol. The lowest BCUT2D eigenvalue weighted by atomic mass is 9.90. The Balaban J connectivity index is 1.45. The molecule has 2 amide bonds. The van der Waals surface area contributed by atoms with E-state index in [9.17, 15) is 19.7 Å². The van der Waals surface area contributed by atoms with Crippen LogP contribution < -0.4 is 5.32 Å². The number of benzene rings is 3. The Labute approximate surface area is 208 Å². The lowest BCUT2D eigenvalue weighted by Crippen LogP contribution is -2.24. The lowest BCUT2D eigenvalue weighted by molar-refractivity contribution is -0.384. The quantitative estimate of drug-likeness (QED) is 0.289. The molecule has 36 heavy (non-hydrogen) atoms. The van der Waals surface area contributed by atoms with Gasteiger partial charge in [0.15, 0.2) is 0 Å². The van der Waals surface area contributed by atoms with Gasteiger partial charge in [0.25, 0.3) is 5.69 Å². The summed E-state index contributed by atoms with van der Waals surface area (Å²) in [5.74, 6) is -0.857. The van der Waals surface area contributed by atoms with Gasteiger partial charge in [-0.2, -0.15) is 0 Å². The molecule has 1 saturated heterocycles. The monoisotopic (exact) mass is 480 g/mol. The molecule has 0 bridgehead atoms. The summed E-state index contributed by atoms with van der Waals surface area (Å²) in [6, 6.07) is 21.3. The van der Waals surface area contributed by atoms with Gasteiger partial charge in [0.1, 0.15) is 5.92 Å². The number of carbonyl (C=O) groups is 2. The Kier molecular flexibility index (Phi) is 6.40. The maximum Gasteiger partial charge on any atom is 0.269 e. The molecule has 180 valence electrons. The Morgan fingerprint density at radius 2 is 1.86 bits per heavy atom. The van der Waals surface area contributed by atoms with Gasteiger partial charge in [-0.1, -0.05) is 54.6 Å². The summed E-state index contributed by atoms with van der Waals surface area (Å²) < 4.78 is 0. The van der Waals surface area contributed by atoms with Gasteiger partial charge in [-0.25, -0.2) is 0 Å². The zero-order chi connectivity index (χ0) is 25.1. The van der Waals surface area contributed by atoms with Gasteiger partial charge >= 0.3 is 0 Å². The average Bonchev–Trinajstić information content (AvgIpc) is 3.45. The molecule has 3 aromatic carbocycles. The van der Waals surface area contributed by atoms with Gasteiger partial charge in [0.05, 0.1) is 16.3 Å². The van der Waals surface area contributed by atoms with E-state index >= 15 is 0 Å². The number of nitrogens with zero attached hydrogens (tertiary/aromatic N) is 3. The second-order valence-corrected chi connectivity index (χ2v) is 8.75. The minimum Gasteiger partial charge on any atom is -0.339 e. The Bertz CT molecular complexity index is 1380. The maximum absolute atomic E-state index is 13.0. The molecule has 1 N–H and O–H groups in total. The number of aliphatic imine (C=N–C) groups is 1. The summed E-state index contributed by atoms with van der Waals surface area (Å²) in [6.07, 6.45) is 5.49. The molecule has 5 rings (SSSR count). The van der Waals surface area contributed by atoms with Gasteiger partial charge in [0.2, 0.25) is 11.8 Å². The van der Waals surface area contributed by atoms with Crippen LogP contribution in [0.25, 0.3) is 6.08 Å². The van der Waals surface area contributed by atoms with E-state index < -0.39 is 10.8 Å². The second kappa shape index (κ2) is 9.95. The molecule has 0 aromatic heterocycles. The highest BCUT2D eigenvalue weighted by molar-refractivity contribution is 6.24. The van der Waals surface area contributed by atoms with Crippen LogP contribution in [0.2, 0.25) is 0 Å². The van der Waals surface area contributed by atoms with Crippen LogP contribution in [-0.2, 0) is 9.59 Å². The van der Waals surface area contributed by atoms with Crippen LogP contribution in [0.15, 0.2) is 83.9 Å². The van der Waals surface area contributed by atoms with E-state index in [0.29, 0.717) is 35.6 Å². The molecule has 3 aromatic rings. The SMILES string of the molecule is O=C1Nc2ccc([N+](=O)[O-])cc2C1C(=Nc1ccc(C=CCN2CCCC2=O)cc1)c1ccccc1. The van der Waals surface area contributed by atoms with Crippen molar-refractivity contribution in [1.29, 1.82) is 0 Å². The minimum atomic E-state index is -0.778. The predicted octanol–water partition coefficient (Wildman–Crippen LogP) is 5.09. The number of rotatable bonds is 7. The number of hydrogen-bond donors (Lipinski definition) is 1. The molecular formula is C28H24N4O4. The standard InChI is InChI=1S/C28H24N4O4/c33-25-9-5-17-31(25)16-4-6-19-10-12-21(13-11-19)29-27(20-7-2-1-3-8-20)26-23-18-22(32(35)36)14-15-24(23)30-28(26)34/h1-4,6-8,10-15,18,26H,5,9,16-17H2,(H,30,34). The highest BCUT2D eigenvalue weighted by Gasteiger charge is 2.36. The van der Waals surface area contributed by atoms with Crippen molar-refractivity contribution in [3.8, 4) is 0 Å². The van der Waals surface area contributed by atoms with E-state index in [-0.39, 0.29) is 17.5 Å². The van der Waals surface area contributed by atoms with Crippen LogP contribution in [0.1, 0.15) is 35.4 Å². The van der Waals surface area contributed by atoms with Crippen LogP contribution in [0, 0.1) is 10.1 Å². The number of carbonyl (C=O) groups excluding carboxylic acids is 2. The Morgan fingerprint density at radius 1 is 1.08 bits per heavy atom. The molecule has 0 spiro atoms. The number of fused-ring (bicyclic) bond motifs is 1. The molecule has 0 saturated carbocycles. The molecule has 0 radical (unpaired) electrons. The number of nitrogens with one attached hydrogen (secondary N) is 1. The third-order valence-corrected chi connectivity index (χ3v) is 6.37. The number of likely N-dealkylation sites (tertiary alicyclic amines) is 1. The van der Waals surface area contributed by atoms with E-state index in [1.165, 1.54) is 12.1 Å². The van der Waals surface area contributed by atoms with E-state index in [0.717, 1.165) is 24.1 Å². The summed E-state index contributed by atoms with van der Waals surface area (Å²) in [6.45, 7) is 1.40. The summed E-state index contributed by atoms with van der Waals surface area (Å²) in [5.41, 5.74) is 3.92. The first-order valence-corrected chi connectivity index (χ1v) is 11.8. The predicted molar refractivity (Wildman–Crippen MR) is 138 cm³/mol. The summed E-state index contributed by atoms with van der Waals surface area (Å²) in [4.78, 5) is 42.4. The van der Waals surface area contributed by atoms with Crippen LogP contribution >= 0.6 is 0 Å². The fourth-order valence-electron chi connectivity index (χ4n) is 4.55. The highest BCUT2D eigenvalue weighted by atomic mass is 16.6. The molecule has 8 heteroatoms. The highest BCUT2D eigenvalue weighted by Crippen LogP contribution is 2.38. The second-order valence-electron chi connectivity index (χ2n) is 8.75. The fourth-order valence-corrected chi connectivity index (χ4v) is 4.55. The molecule has 1 fully saturated rings. The molecule has 0 aliphatic carbocycles. The molecule has 2 aliphatic heterocycles. The normalized spacial score (nSPS) is 17.5. The molecule has 8 nitrogen and oxygen atoms in total. The van der Waals surface area contributed by atoms with Gasteiger partial charge in [0, 0.05) is 42.9 Å². The largest absolute Gasteiger partial charge is 0.339 e. The van der Waals surface area contributed by atoms with Gasteiger partial charge in [-0.05, 0) is 35.7 Å². The Morgan fingerprint density at radius 3 is 2.56 bits per heavy atom. The van der Waals surface area contributed by atoms with Gasteiger partial charge in [-0.15, -0.1) is 0 Å². The van der Waals surface area contributed by atoms with Gasteiger partial charge < -0.3 is 10.2 Å². The van der Waals surface area contributed by atoms with Crippen LogP contribution in [0.5, 0.6) is 0 Å². The third kappa shape index (κ3) is 4.79. The zero-order valence-corrected chi connectivity index (χ0v) is 19.5. The van der Waals surface area contributed by atoms with Crippen molar-refractivity contribution in [2.24, 2.45) is 4.99 Å². The van der Waals surface area contributed by atoms with Crippen molar-refractivity contribution in [3.63, 3.8) is 0 Å². The smallest absolute Gasteiger partial charge is 0.269 e. The number of nitro benzene ring substituents is 1. The van der Waals surface area contributed by atoms with Crippen molar-refractivity contribution in [2.45, 2.75) is 18.8 Å². The van der Waals surface area contributed by atoms with Crippen LogP contribution in [-0.4, -0.2) is 40.4 Å². The molecule has 2 aliphatic rings. The number of anilines is 1. The number of nitro groups is 1. The summed E-state index contributed by atoms with van der Waals surface area (Å²) in [5, 5.41) is 14.2. The molecular weight excluding hydrogens is 456 g/mol. The minimum absolute atomic E-state index is 0.0746. The lowest BCUT2D eigenvalue weighted by Gasteiger charge is -2.14. The van der Waals surface area contributed by atoms with Crippen molar-refractivity contribution < 1.29 is 14.5 Å². The number of non-ortho nitro benzene ring substituents is 1. The topological polar surface area (TPSA) is 105 Å². The van der Waals surface area contributed by atoms with E-state index in [2.05, 4.69) is 5.32 Å². The zero-order valence-electron chi connectivity index (χ0n) is 19.5. The molecule has 1 unspecified atom stereocenters. The van der Waals surface area contributed by atoms with E-state index in [4.69, 9.17) is 4.99 Å². The van der Waals surface area contributed by atoms with Crippen LogP contribution in [0.4, 0.5) is 17.1 Å². The van der Waals surface area contributed by atoms with Crippen molar-refractivity contribution in [3.05, 3.63) is 106 Å². The first-order valence-electron chi connectivity index (χ1n) is 11.8. The van der Waals surface area contributed by atoms with Crippen molar-refractivity contribution in [1.82, 2.24) is 4.90 Å². The van der Waals surface area contributed by atoms with E-state index in [1.54, 1.807) is 6.07 Å². The van der Waals surface area contributed by atoms with Crippen LogP contribution in [0.3, 0.4) is 0 Å². The third-order valence-electron chi connectivity index (χ3n) is 6.37. The summed E-state index contributed by atoms with van der Waals surface area (Å²) >= 11 is 0. The summed E-state index contributed by atoms with van der Waals surface area (Å²) in [7, 11) is 0.